The number of unbranched alkanes of at least 4 members (excludes halogenated alkanes) is 44. The van der Waals surface area contributed by atoms with Crippen molar-refractivity contribution >= 4 is 17.9 Å². The second-order valence-electron chi connectivity index (χ2n) is 23.8. The molecule has 0 amide bonds. The first-order valence-electron chi connectivity index (χ1n) is 35.3. The lowest BCUT2D eigenvalue weighted by Gasteiger charge is -2.18. The van der Waals surface area contributed by atoms with Crippen LogP contribution in [0.1, 0.15) is 374 Å². The molecule has 0 fully saturated rings. The van der Waals surface area contributed by atoms with Crippen LogP contribution in [0.15, 0.2) is 60.8 Å². The van der Waals surface area contributed by atoms with E-state index in [4.69, 9.17) is 14.2 Å². The fourth-order valence-electron chi connectivity index (χ4n) is 10.4. The maximum absolute atomic E-state index is 12.9. The third-order valence-electron chi connectivity index (χ3n) is 15.7. The summed E-state index contributed by atoms with van der Waals surface area (Å²) in [5.41, 5.74) is 0. The van der Waals surface area contributed by atoms with E-state index in [1.54, 1.807) is 0 Å². The molecule has 0 N–H and O–H groups in total. The van der Waals surface area contributed by atoms with Crippen LogP contribution in [-0.4, -0.2) is 37.2 Å². The highest BCUT2D eigenvalue weighted by Gasteiger charge is 2.19. The summed E-state index contributed by atoms with van der Waals surface area (Å²) in [5.74, 6) is -0.868. The molecule has 466 valence electrons. The summed E-state index contributed by atoms with van der Waals surface area (Å²) >= 11 is 0. The Bertz CT molecular complexity index is 1430. The van der Waals surface area contributed by atoms with Crippen molar-refractivity contribution in [3.05, 3.63) is 60.8 Å². The predicted molar refractivity (Wildman–Crippen MR) is 348 cm³/mol. The molecule has 0 aliphatic heterocycles. The molecule has 1 atom stereocenters. The number of carbonyl (C=O) groups is 3. The van der Waals surface area contributed by atoms with Crippen molar-refractivity contribution in [3.8, 4) is 0 Å². The van der Waals surface area contributed by atoms with Gasteiger partial charge in [-0.3, -0.25) is 14.4 Å². The van der Waals surface area contributed by atoms with Crippen molar-refractivity contribution < 1.29 is 28.6 Å². The number of rotatable bonds is 65. The Morgan fingerprint density at radius 2 is 0.450 bits per heavy atom. The Morgan fingerprint density at radius 3 is 0.738 bits per heavy atom. The number of ether oxygens (including phenoxy) is 3. The van der Waals surface area contributed by atoms with Crippen molar-refractivity contribution in [3.63, 3.8) is 0 Å². The lowest BCUT2D eigenvalue weighted by atomic mass is 10.0. The van der Waals surface area contributed by atoms with Crippen LogP contribution in [-0.2, 0) is 28.6 Å². The summed E-state index contributed by atoms with van der Waals surface area (Å²) in [5, 5.41) is 0. The topological polar surface area (TPSA) is 78.9 Å². The standard InChI is InChI=1S/C74H134O6/c1-4-7-10-13-16-19-22-25-27-29-30-31-32-33-34-35-36-37-38-39-40-41-42-43-44-46-47-49-52-55-58-61-64-67-73(76)79-70-71(69-78-72(75)66-63-60-57-54-51-24-21-18-15-12-9-6-3)80-74(77)68-65-62-59-56-53-50-48-45-28-26-23-20-17-14-11-8-5-2/h18,21-22,25-26,28-30,32-33,71H,4-17,19-20,23-24,27,31,34-70H2,1-3H3/b21-18-,25-22-,28-26-,30-29-,33-32-. The maximum Gasteiger partial charge on any atom is 0.306 e. The van der Waals surface area contributed by atoms with Gasteiger partial charge in [0, 0.05) is 19.3 Å². The van der Waals surface area contributed by atoms with Gasteiger partial charge in [0.15, 0.2) is 6.10 Å². The van der Waals surface area contributed by atoms with Crippen LogP contribution in [0, 0.1) is 0 Å². The van der Waals surface area contributed by atoms with Gasteiger partial charge in [0.1, 0.15) is 13.2 Å². The lowest BCUT2D eigenvalue weighted by Crippen LogP contribution is -2.30. The zero-order chi connectivity index (χ0) is 57.8. The van der Waals surface area contributed by atoms with Gasteiger partial charge in [-0.1, -0.05) is 306 Å². The summed E-state index contributed by atoms with van der Waals surface area (Å²) in [6, 6.07) is 0. The minimum absolute atomic E-state index is 0.0747. The average molecular weight is 1120 g/mol. The molecule has 0 bridgehead atoms. The summed E-state index contributed by atoms with van der Waals surface area (Å²) < 4.78 is 16.9. The monoisotopic (exact) mass is 1120 g/mol. The summed E-state index contributed by atoms with van der Waals surface area (Å²) in [6.45, 7) is 6.64. The van der Waals surface area contributed by atoms with Crippen LogP contribution in [0.3, 0.4) is 0 Å². The zero-order valence-electron chi connectivity index (χ0n) is 53.6. The van der Waals surface area contributed by atoms with E-state index in [9.17, 15) is 14.4 Å². The van der Waals surface area contributed by atoms with Gasteiger partial charge in [-0.2, -0.15) is 0 Å². The Kier molecular flexibility index (Phi) is 66.1. The van der Waals surface area contributed by atoms with Crippen LogP contribution >= 0.6 is 0 Å². The molecule has 0 aliphatic rings. The van der Waals surface area contributed by atoms with Crippen molar-refractivity contribution in [1.29, 1.82) is 0 Å². The molecule has 6 heteroatoms. The van der Waals surface area contributed by atoms with E-state index in [-0.39, 0.29) is 31.1 Å². The van der Waals surface area contributed by atoms with Crippen molar-refractivity contribution in [2.75, 3.05) is 13.2 Å². The predicted octanol–water partition coefficient (Wildman–Crippen LogP) is 24.3. The molecule has 0 heterocycles. The van der Waals surface area contributed by atoms with Gasteiger partial charge < -0.3 is 14.2 Å². The molecule has 0 aliphatic carbocycles. The summed E-state index contributed by atoms with van der Waals surface area (Å²) in [6.07, 6.45) is 88.3. The average Bonchev–Trinajstić information content (AvgIpc) is 3.46. The quantitative estimate of drug-likeness (QED) is 0.0261. The van der Waals surface area contributed by atoms with Gasteiger partial charge in [0.25, 0.3) is 0 Å². The Labute approximate surface area is 498 Å². The molecule has 80 heavy (non-hydrogen) atoms. The molecule has 6 nitrogen and oxygen atoms in total. The fourth-order valence-corrected chi connectivity index (χ4v) is 10.4. The molecular formula is C74H134O6. The molecule has 0 rings (SSSR count). The van der Waals surface area contributed by atoms with E-state index in [0.29, 0.717) is 19.3 Å². The Hall–Kier alpha value is -2.89. The fraction of sp³-hybridized carbons (Fsp3) is 0.824. The smallest absolute Gasteiger partial charge is 0.306 e. The zero-order valence-corrected chi connectivity index (χ0v) is 53.6. The first kappa shape index (κ1) is 77.1. The molecule has 0 aromatic heterocycles. The highest BCUT2D eigenvalue weighted by atomic mass is 16.6. The minimum atomic E-state index is -0.778. The van der Waals surface area contributed by atoms with Crippen LogP contribution < -0.4 is 0 Å². The third-order valence-corrected chi connectivity index (χ3v) is 15.7. The second-order valence-corrected chi connectivity index (χ2v) is 23.8. The normalized spacial score (nSPS) is 12.4. The van der Waals surface area contributed by atoms with Crippen molar-refractivity contribution in [1.82, 2.24) is 0 Å². The highest BCUT2D eigenvalue weighted by Crippen LogP contribution is 2.18. The number of hydrogen-bond donors (Lipinski definition) is 0. The van der Waals surface area contributed by atoms with E-state index in [1.165, 1.54) is 257 Å². The van der Waals surface area contributed by atoms with E-state index in [0.717, 1.165) is 77.0 Å². The minimum Gasteiger partial charge on any atom is -0.462 e. The first-order valence-corrected chi connectivity index (χ1v) is 35.3. The van der Waals surface area contributed by atoms with Gasteiger partial charge in [0.05, 0.1) is 0 Å². The van der Waals surface area contributed by atoms with Crippen molar-refractivity contribution in [2.45, 2.75) is 380 Å². The highest BCUT2D eigenvalue weighted by molar-refractivity contribution is 5.71. The van der Waals surface area contributed by atoms with Crippen LogP contribution in [0.4, 0.5) is 0 Å². The van der Waals surface area contributed by atoms with E-state index >= 15 is 0 Å². The second kappa shape index (κ2) is 68.6. The number of carbonyl (C=O) groups excluding carboxylic acids is 3. The molecule has 0 spiro atoms. The SMILES string of the molecule is CCCCC/C=C\CCCCCCCC(=O)OCC(COC(=O)CCCCCCCCCCCCCCCCCCCC/C=C\C/C=C\C/C=C\CCCCCCC)OC(=O)CCCCCCCCC/C=C\CCCCCCCC. The van der Waals surface area contributed by atoms with E-state index < -0.39 is 6.10 Å². The van der Waals surface area contributed by atoms with E-state index in [1.807, 2.05) is 0 Å². The largest absolute Gasteiger partial charge is 0.462 e. The van der Waals surface area contributed by atoms with Gasteiger partial charge in [0.2, 0.25) is 0 Å². The van der Waals surface area contributed by atoms with Crippen molar-refractivity contribution in [2.24, 2.45) is 0 Å². The molecule has 1 unspecified atom stereocenters. The molecule has 0 aromatic rings. The third kappa shape index (κ3) is 65.9. The maximum atomic E-state index is 12.9. The van der Waals surface area contributed by atoms with Gasteiger partial charge in [-0.15, -0.1) is 0 Å². The number of allylic oxidation sites excluding steroid dienone is 10. The van der Waals surface area contributed by atoms with Gasteiger partial charge in [-0.25, -0.2) is 0 Å². The van der Waals surface area contributed by atoms with Crippen LogP contribution in [0.25, 0.3) is 0 Å². The lowest BCUT2D eigenvalue weighted by molar-refractivity contribution is -0.167. The molecule has 0 aromatic carbocycles. The molecular weight excluding hydrogens is 985 g/mol. The van der Waals surface area contributed by atoms with Gasteiger partial charge >= 0.3 is 17.9 Å². The summed E-state index contributed by atoms with van der Waals surface area (Å²) in [4.78, 5) is 38.3. The number of hydrogen-bond acceptors (Lipinski definition) is 6. The van der Waals surface area contributed by atoms with Gasteiger partial charge in [-0.05, 0) is 109 Å². The summed E-state index contributed by atoms with van der Waals surface area (Å²) in [7, 11) is 0. The molecule has 0 saturated heterocycles. The first-order chi connectivity index (χ1) is 39.5. The number of esters is 3. The Morgan fingerprint density at radius 1 is 0.250 bits per heavy atom. The molecule has 0 saturated carbocycles. The Balaban J connectivity index is 4.13. The molecule has 0 radical (unpaired) electrons. The van der Waals surface area contributed by atoms with E-state index in [2.05, 4.69) is 81.5 Å². The van der Waals surface area contributed by atoms with Crippen LogP contribution in [0.5, 0.6) is 0 Å². The van der Waals surface area contributed by atoms with Crippen LogP contribution in [0.2, 0.25) is 0 Å².